The topological polar surface area (TPSA) is 76.2 Å². The average molecular weight is 415 g/mol. The van der Waals surface area contributed by atoms with Gasteiger partial charge in [-0.3, -0.25) is 4.79 Å². The Hall–Kier alpha value is -1.80. The van der Waals surface area contributed by atoms with E-state index in [-0.39, 0.29) is 22.8 Å². The highest BCUT2D eigenvalue weighted by molar-refractivity contribution is 7.87. The smallest absolute Gasteiger partial charge is 0.309 e. The van der Waals surface area contributed by atoms with Gasteiger partial charge in [0.1, 0.15) is 0 Å². The molecule has 8 heteroatoms. The van der Waals surface area contributed by atoms with Crippen LogP contribution < -0.4 is 8.92 Å². The van der Waals surface area contributed by atoms with Crippen LogP contribution in [0.25, 0.3) is 0 Å². The molecule has 0 radical (unpaired) electrons. The van der Waals surface area contributed by atoms with Crippen molar-refractivity contribution in [2.45, 2.75) is 40.7 Å². The van der Waals surface area contributed by atoms with E-state index in [1.54, 1.807) is 17.0 Å². The molecule has 0 saturated heterocycles. The van der Waals surface area contributed by atoms with E-state index in [0.29, 0.717) is 25.3 Å². The Balaban J connectivity index is 3.11. The molecular weight excluding hydrogens is 380 g/mol. The van der Waals surface area contributed by atoms with Crippen LogP contribution in [0.4, 0.5) is 0 Å². The van der Waals surface area contributed by atoms with Crippen molar-refractivity contribution >= 4 is 16.0 Å². The molecule has 0 bridgehead atoms. The lowest BCUT2D eigenvalue weighted by atomic mass is 9.91. The third-order valence-electron chi connectivity index (χ3n) is 4.02. The second-order valence-corrected chi connectivity index (χ2v) is 10.1. The number of rotatable bonds is 10. The molecule has 1 rings (SSSR count). The van der Waals surface area contributed by atoms with Gasteiger partial charge in [-0.25, -0.2) is 0 Å². The molecule has 160 valence electrons. The Morgan fingerprint density at radius 1 is 1.11 bits per heavy atom. The lowest BCUT2D eigenvalue weighted by Crippen LogP contribution is -2.37. The summed E-state index contributed by atoms with van der Waals surface area (Å²) in [6.45, 7) is 9.30. The Morgan fingerprint density at radius 2 is 1.75 bits per heavy atom. The fraction of sp³-hybridized carbons (Fsp3) is 0.650. The number of amides is 1. The molecule has 0 aliphatic carbocycles. The molecule has 0 saturated carbocycles. The fourth-order valence-corrected chi connectivity index (χ4v) is 3.00. The zero-order valence-electron chi connectivity index (χ0n) is 18.1. The molecule has 0 unspecified atom stereocenters. The summed E-state index contributed by atoms with van der Waals surface area (Å²) in [6, 6.07) is 5.10. The molecule has 0 fully saturated rings. The SMILES string of the molecule is CCS(=O)(=O)Oc1cc(CN(CCN(C)C)C(=O)CC(C)(C)C)ccc1OC. The number of likely N-dealkylation sites (N-methyl/N-ethyl adjacent to an activating group) is 1. The molecule has 28 heavy (non-hydrogen) atoms. The highest BCUT2D eigenvalue weighted by Crippen LogP contribution is 2.30. The molecule has 0 N–H and O–H groups in total. The van der Waals surface area contributed by atoms with Gasteiger partial charge in [-0.05, 0) is 44.1 Å². The second-order valence-electron chi connectivity index (χ2n) is 8.27. The highest BCUT2D eigenvalue weighted by Gasteiger charge is 2.22. The molecule has 0 aliphatic heterocycles. The van der Waals surface area contributed by atoms with E-state index >= 15 is 0 Å². The standard InChI is InChI=1S/C20H34N2O5S/c1-8-28(24,25)27-18-13-16(9-10-17(18)26-7)15-22(12-11-21(5)6)19(23)14-20(2,3)4/h9-10,13H,8,11-12,14-15H2,1-7H3. The number of carbonyl (C=O) groups excluding carboxylic acids is 1. The summed E-state index contributed by atoms with van der Waals surface area (Å²) in [6.07, 6.45) is 0.435. The lowest BCUT2D eigenvalue weighted by molar-refractivity contribution is -0.133. The minimum Gasteiger partial charge on any atom is -0.493 e. The number of methoxy groups -OCH3 is 1. The first-order valence-electron chi connectivity index (χ1n) is 9.38. The van der Waals surface area contributed by atoms with E-state index in [2.05, 4.69) is 0 Å². The lowest BCUT2D eigenvalue weighted by Gasteiger charge is -2.28. The first-order valence-corrected chi connectivity index (χ1v) is 11.0. The van der Waals surface area contributed by atoms with E-state index < -0.39 is 10.1 Å². The van der Waals surface area contributed by atoms with Crippen molar-refractivity contribution in [1.29, 1.82) is 0 Å². The van der Waals surface area contributed by atoms with Crippen LogP contribution in [0, 0.1) is 5.41 Å². The number of hydrogen-bond acceptors (Lipinski definition) is 6. The predicted octanol–water partition coefficient (Wildman–Crippen LogP) is 2.75. The zero-order valence-corrected chi connectivity index (χ0v) is 18.9. The number of hydrogen-bond donors (Lipinski definition) is 0. The first kappa shape index (κ1) is 24.2. The van der Waals surface area contributed by atoms with Crippen LogP contribution in [0.5, 0.6) is 11.5 Å². The molecule has 0 heterocycles. The quantitative estimate of drug-likeness (QED) is 0.548. The van der Waals surface area contributed by atoms with Gasteiger partial charge in [0.25, 0.3) is 0 Å². The highest BCUT2D eigenvalue weighted by atomic mass is 32.2. The molecule has 0 aromatic heterocycles. The number of benzene rings is 1. The van der Waals surface area contributed by atoms with E-state index in [1.807, 2.05) is 45.8 Å². The van der Waals surface area contributed by atoms with Crippen molar-refractivity contribution in [3.05, 3.63) is 23.8 Å². The van der Waals surface area contributed by atoms with Gasteiger partial charge in [0.2, 0.25) is 5.91 Å². The van der Waals surface area contributed by atoms with Crippen LogP contribution in [0.2, 0.25) is 0 Å². The van der Waals surface area contributed by atoms with Crippen LogP contribution in [0.3, 0.4) is 0 Å². The van der Waals surface area contributed by atoms with Gasteiger partial charge in [0.05, 0.1) is 12.9 Å². The van der Waals surface area contributed by atoms with Crippen molar-refractivity contribution in [3.63, 3.8) is 0 Å². The van der Waals surface area contributed by atoms with Gasteiger partial charge in [0.15, 0.2) is 11.5 Å². The molecule has 1 aromatic rings. The van der Waals surface area contributed by atoms with Crippen LogP contribution in [0.1, 0.15) is 39.7 Å². The maximum Gasteiger partial charge on any atom is 0.309 e. The van der Waals surface area contributed by atoms with Gasteiger partial charge in [-0.15, -0.1) is 0 Å². The van der Waals surface area contributed by atoms with Crippen molar-refractivity contribution < 1.29 is 22.1 Å². The fourth-order valence-electron chi connectivity index (χ4n) is 2.48. The molecular formula is C20H34N2O5S. The number of carbonyl (C=O) groups is 1. The normalized spacial score (nSPS) is 12.1. The third kappa shape index (κ3) is 8.48. The van der Waals surface area contributed by atoms with Crippen molar-refractivity contribution in [2.24, 2.45) is 5.41 Å². The first-order chi connectivity index (χ1) is 12.9. The average Bonchev–Trinajstić information content (AvgIpc) is 2.56. The van der Waals surface area contributed by atoms with E-state index in [0.717, 1.165) is 12.1 Å². The maximum absolute atomic E-state index is 12.8. The van der Waals surface area contributed by atoms with Gasteiger partial charge < -0.3 is 18.7 Å². The summed E-state index contributed by atoms with van der Waals surface area (Å²) in [4.78, 5) is 16.6. The Morgan fingerprint density at radius 3 is 2.25 bits per heavy atom. The molecule has 1 aromatic carbocycles. The van der Waals surface area contributed by atoms with Crippen LogP contribution >= 0.6 is 0 Å². The van der Waals surface area contributed by atoms with Crippen molar-refractivity contribution in [2.75, 3.05) is 40.0 Å². The summed E-state index contributed by atoms with van der Waals surface area (Å²) in [7, 11) is 1.69. The Bertz CT molecular complexity index is 754. The van der Waals surface area contributed by atoms with E-state index in [9.17, 15) is 13.2 Å². The molecule has 7 nitrogen and oxygen atoms in total. The van der Waals surface area contributed by atoms with Gasteiger partial charge >= 0.3 is 10.1 Å². The van der Waals surface area contributed by atoms with Gasteiger partial charge in [-0.2, -0.15) is 8.42 Å². The van der Waals surface area contributed by atoms with Crippen LogP contribution in [-0.2, 0) is 21.5 Å². The summed E-state index contributed by atoms with van der Waals surface area (Å²) in [5.74, 6) is 0.396. The Labute approximate surface area is 169 Å². The van der Waals surface area contributed by atoms with E-state index in [1.165, 1.54) is 14.0 Å². The minimum atomic E-state index is -3.68. The van der Waals surface area contributed by atoms with Gasteiger partial charge in [0, 0.05) is 26.1 Å². The summed E-state index contributed by atoms with van der Waals surface area (Å²) >= 11 is 0. The summed E-state index contributed by atoms with van der Waals surface area (Å²) in [5.41, 5.74) is 0.666. The summed E-state index contributed by atoms with van der Waals surface area (Å²) < 4.78 is 34.1. The largest absolute Gasteiger partial charge is 0.493 e. The zero-order chi connectivity index (χ0) is 21.5. The van der Waals surface area contributed by atoms with E-state index in [4.69, 9.17) is 8.92 Å². The minimum absolute atomic E-state index is 0.0637. The second kappa shape index (κ2) is 10.1. The maximum atomic E-state index is 12.8. The Kier molecular flexibility index (Phi) is 8.75. The monoisotopic (exact) mass is 414 g/mol. The molecule has 0 atom stereocenters. The third-order valence-corrected chi connectivity index (χ3v) is 5.16. The number of nitrogens with zero attached hydrogens (tertiary/aromatic N) is 2. The molecule has 0 spiro atoms. The van der Waals surface area contributed by atoms with Gasteiger partial charge in [-0.1, -0.05) is 26.8 Å². The molecule has 0 aliphatic rings. The van der Waals surface area contributed by atoms with Crippen molar-refractivity contribution in [3.8, 4) is 11.5 Å². The summed E-state index contributed by atoms with van der Waals surface area (Å²) in [5, 5.41) is 0. The molecule has 1 amide bonds. The number of ether oxygens (including phenoxy) is 1. The van der Waals surface area contributed by atoms with Crippen molar-refractivity contribution in [1.82, 2.24) is 9.80 Å². The van der Waals surface area contributed by atoms with Crippen LogP contribution in [0.15, 0.2) is 18.2 Å². The predicted molar refractivity (Wildman–Crippen MR) is 111 cm³/mol. The van der Waals surface area contributed by atoms with Crippen LogP contribution in [-0.4, -0.2) is 64.2 Å².